The number of amides is 1. The average molecular weight is 611 g/mol. The summed E-state index contributed by atoms with van der Waals surface area (Å²) in [5, 5.41) is 4.56. The molecule has 45 heavy (non-hydrogen) atoms. The van der Waals surface area contributed by atoms with Crippen LogP contribution in [0.5, 0.6) is 5.75 Å². The van der Waals surface area contributed by atoms with E-state index < -0.39 is 0 Å². The molecule has 7 heteroatoms. The van der Waals surface area contributed by atoms with E-state index >= 15 is 0 Å². The lowest BCUT2D eigenvalue weighted by Gasteiger charge is -2.55. The Labute approximate surface area is 268 Å². The van der Waals surface area contributed by atoms with Crippen LogP contribution in [0.3, 0.4) is 0 Å². The van der Waals surface area contributed by atoms with Gasteiger partial charge in [-0.1, -0.05) is 18.6 Å². The van der Waals surface area contributed by atoms with Crippen LogP contribution >= 0.6 is 0 Å². The summed E-state index contributed by atoms with van der Waals surface area (Å²) in [7, 11) is 1.74. The number of ketones is 1. The lowest BCUT2D eigenvalue weighted by molar-refractivity contribution is -0.125. The van der Waals surface area contributed by atoms with Crippen LogP contribution < -0.4 is 9.64 Å². The molecule has 0 saturated heterocycles. The summed E-state index contributed by atoms with van der Waals surface area (Å²) in [5.74, 6) is 2.33. The zero-order valence-corrected chi connectivity index (χ0v) is 27.8. The van der Waals surface area contributed by atoms with Crippen LogP contribution in [0.25, 0.3) is 11.1 Å². The Morgan fingerprint density at radius 1 is 1.04 bits per heavy atom. The number of carbonyl (C=O) groups is 2. The van der Waals surface area contributed by atoms with Crippen molar-refractivity contribution in [2.75, 3.05) is 18.6 Å². The first-order valence-electron chi connectivity index (χ1n) is 17.1. The molecule has 2 bridgehead atoms. The maximum atomic E-state index is 14.6. The highest BCUT2D eigenvalue weighted by Gasteiger charge is 2.51. The van der Waals surface area contributed by atoms with E-state index in [0.717, 1.165) is 86.9 Å². The van der Waals surface area contributed by atoms with Gasteiger partial charge in [-0.3, -0.25) is 14.4 Å². The molecule has 3 aromatic rings. The molecule has 1 aromatic carbocycles. The van der Waals surface area contributed by atoms with Crippen LogP contribution in [-0.4, -0.2) is 40.1 Å². The molecule has 240 valence electrons. The van der Waals surface area contributed by atoms with Crippen molar-refractivity contribution in [2.24, 2.45) is 17.3 Å². The highest BCUT2D eigenvalue weighted by Crippen LogP contribution is 2.58. The first kappa shape index (κ1) is 31.5. The number of nitrogens with zero attached hydrogens (tertiary/aromatic N) is 4. The number of fused-ring (bicyclic) bond motifs is 3. The number of aromatic nitrogens is 3. The van der Waals surface area contributed by atoms with Crippen LogP contribution in [0.2, 0.25) is 0 Å². The lowest BCUT2D eigenvalue weighted by atomic mass is 9.51. The predicted molar refractivity (Wildman–Crippen MR) is 178 cm³/mol. The lowest BCUT2D eigenvalue weighted by Crippen LogP contribution is -2.52. The largest absolute Gasteiger partial charge is 0.496 e. The molecular weight excluding hydrogens is 560 g/mol. The minimum atomic E-state index is -0.0674. The number of anilines is 1. The average Bonchev–Trinajstić information content (AvgIpc) is 3.55. The fourth-order valence-corrected chi connectivity index (χ4v) is 8.59. The quantitative estimate of drug-likeness (QED) is 0.231. The Morgan fingerprint density at radius 3 is 2.44 bits per heavy atom. The summed E-state index contributed by atoms with van der Waals surface area (Å²) in [6, 6.07) is 11.1. The summed E-state index contributed by atoms with van der Waals surface area (Å²) < 4.78 is 7.51. The third-order valence-corrected chi connectivity index (χ3v) is 11.4. The van der Waals surface area contributed by atoms with E-state index in [0.29, 0.717) is 18.9 Å². The monoisotopic (exact) mass is 610 g/mol. The summed E-state index contributed by atoms with van der Waals surface area (Å²) >= 11 is 0. The van der Waals surface area contributed by atoms with E-state index in [4.69, 9.17) is 9.72 Å². The second-order valence-corrected chi connectivity index (χ2v) is 14.7. The van der Waals surface area contributed by atoms with Gasteiger partial charge in [0.1, 0.15) is 17.4 Å². The number of aryl methyl sites for hydroxylation is 1. The number of rotatable bonds is 10. The van der Waals surface area contributed by atoms with E-state index in [9.17, 15) is 9.59 Å². The van der Waals surface area contributed by atoms with E-state index in [2.05, 4.69) is 56.3 Å². The van der Waals surface area contributed by atoms with Crippen molar-refractivity contribution in [1.29, 1.82) is 0 Å². The van der Waals surface area contributed by atoms with Crippen LogP contribution in [0, 0.1) is 24.2 Å². The third-order valence-electron chi connectivity index (χ3n) is 11.4. The molecule has 0 aliphatic heterocycles. The Bertz CT molecular complexity index is 1520. The summed E-state index contributed by atoms with van der Waals surface area (Å²) in [5.41, 5.74) is 5.01. The van der Waals surface area contributed by atoms with Gasteiger partial charge in [0.15, 0.2) is 0 Å². The van der Waals surface area contributed by atoms with Gasteiger partial charge in [0.25, 0.3) is 0 Å². The van der Waals surface area contributed by atoms with Gasteiger partial charge in [0.2, 0.25) is 5.91 Å². The fraction of sp³-hybridized carbons (Fsp3) is 0.579. The van der Waals surface area contributed by atoms with Crippen LogP contribution in [0.1, 0.15) is 109 Å². The van der Waals surface area contributed by atoms with Crippen LogP contribution in [-0.2, 0) is 15.0 Å². The Hall–Kier alpha value is -3.48. The number of benzene rings is 1. The molecule has 0 N–H and O–H groups in total. The highest BCUT2D eigenvalue weighted by molar-refractivity contribution is 5.95. The smallest absolute Gasteiger partial charge is 0.231 e. The van der Waals surface area contributed by atoms with Crippen molar-refractivity contribution in [3.8, 4) is 16.9 Å². The highest BCUT2D eigenvalue weighted by atomic mass is 16.5. The van der Waals surface area contributed by atoms with Gasteiger partial charge in [0.05, 0.1) is 13.3 Å². The Balaban J connectivity index is 1.27. The number of Topliss-reactive ketones (excluding diaryl/α,β-unsaturated/α-hetero) is 1. The predicted octanol–water partition coefficient (Wildman–Crippen LogP) is 8.25. The number of pyridine rings is 1. The van der Waals surface area contributed by atoms with Crippen molar-refractivity contribution >= 4 is 17.5 Å². The standard InChI is InChI=1S/C38H50N4O3/c1-26(2)42-24-32(23-40-42)30-11-18-39-35(22-30)41(36(44)31-8-6-7-29(21-31)20-28(4)43)25-37-12-15-38(16-13-37,17-14-37)33-9-10-34(45-5)27(3)19-33/h9-11,18-19,22-24,26,29,31H,6-8,12-17,20-21,25H2,1-5H3/t29-,31-,37?,38?/m1/s1. The molecule has 2 atom stereocenters. The Morgan fingerprint density at radius 2 is 1.80 bits per heavy atom. The molecule has 0 radical (unpaired) electrons. The van der Waals surface area contributed by atoms with Gasteiger partial charge in [0, 0.05) is 42.9 Å². The van der Waals surface area contributed by atoms with Gasteiger partial charge < -0.3 is 9.53 Å². The van der Waals surface area contributed by atoms with E-state index in [-0.39, 0.29) is 34.5 Å². The molecule has 2 aromatic heterocycles. The maximum absolute atomic E-state index is 14.6. The second-order valence-electron chi connectivity index (χ2n) is 14.7. The topological polar surface area (TPSA) is 77.3 Å². The molecule has 4 saturated carbocycles. The van der Waals surface area contributed by atoms with Gasteiger partial charge in [-0.25, -0.2) is 4.98 Å². The molecule has 4 fully saturated rings. The van der Waals surface area contributed by atoms with Crippen molar-refractivity contribution in [3.05, 3.63) is 60.0 Å². The first-order valence-corrected chi connectivity index (χ1v) is 17.1. The van der Waals surface area contributed by atoms with Crippen molar-refractivity contribution in [1.82, 2.24) is 14.8 Å². The zero-order chi connectivity index (χ0) is 31.8. The number of carbonyl (C=O) groups excluding carboxylic acids is 2. The van der Waals surface area contributed by atoms with E-state index in [1.54, 1.807) is 14.0 Å². The number of hydrogen-bond donors (Lipinski definition) is 0. The summed E-state index contributed by atoms with van der Waals surface area (Å²) in [6.07, 6.45) is 16.9. The summed E-state index contributed by atoms with van der Waals surface area (Å²) in [6.45, 7) is 8.76. The summed E-state index contributed by atoms with van der Waals surface area (Å²) in [4.78, 5) is 33.4. The number of methoxy groups -OCH3 is 1. The number of hydrogen-bond acceptors (Lipinski definition) is 5. The van der Waals surface area contributed by atoms with E-state index in [1.165, 1.54) is 11.1 Å². The van der Waals surface area contributed by atoms with Crippen molar-refractivity contribution in [3.63, 3.8) is 0 Å². The van der Waals surface area contributed by atoms with Crippen molar-refractivity contribution in [2.45, 2.75) is 110 Å². The van der Waals surface area contributed by atoms with Crippen LogP contribution in [0.4, 0.5) is 5.82 Å². The molecule has 0 spiro atoms. The third kappa shape index (κ3) is 6.45. The minimum absolute atomic E-state index is 0.0674. The van der Waals surface area contributed by atoms with Gasteiger partial charge in [-0.2, -0.15) is 5.10 Å². The van der Waals surface area contributed by atoms with E-state index in [1.807, 2.05) is 28.0 Å². The normalized spacial score (nSPS) is 26.2. The molecule has 0 unspecified atom stereocenters. The fourth-order valence-electron chi connectivity index (χ4n) is 8.59. The zero-order valence-electron chi connectivity index (χ0n) is 27.8. The molecule has 2 heterocycles. The van der Waals surface area contributed by atoms with Crippen molar-refractivity contribution < 1.29 is 14.3 Å². The van der Waals surface area contributed by atoms with Crippen LogP contribution in [0.15, 0.2) is 48.9 Å². The molecular formula is C38H50N4O3. The first-order chi connectivity index (χ1) is 21.6. The minimum Gasteiger partial charge on any atom is -0.496 e. The molecule has 4 aliphatic rings. The van der Waals surface area contributed by atoms with Gasteiger partial charge >= 0.3 is 0 Å². The molecule has 7 rings (SSSR count). The molecule has 7 nitrogen and oxygen atoms in total. The molecule has 4 aliphatic carbocycles. The molecule has 1 amide bonds. The van der Waals surface area contributed by atoms with Gasteiger partial charge in [-0.05, 0) is 137 Å². The SMILES string of the molecule is COc1ccc(C23CCC(CN(C(=O)[C@@H]4CCC[C@H](CC(C)=O)C4)c4cc(-c5cnn(C(C)C)c5)ccn4)(CC2)CC3)cc1C. The second kappa shape index (κ2) is 12.7. The number of ether oxygens (including phenoxy) is 1. The Kier molecular flexibility index (Phi) is 8.91. The maximum Gasteiger partial charge on any atom is 0.231 e. The van der Waals surface area contributed by atoms with Gasteiger partial charge in [-0.15, -0.1) is 0 Å².